The summed E-state index contributed by atoms with van der Waals surface area (Å²) >= 11 is 0. The molecule has 3 rings (SSSR count). The van der Waals surface area contributed by atoms with Crippen LogP contribution in [0, 0.1) is 0 Å². The Hall–Kier alpha value is -0.640. The van der Waals surface area contributed by atoms with Crippen LogP contribution in [0.25, 0.3) is 0 Å². The fraction of sp³-hybridized carbons (Fsp3) is 1.00. The standard InChI is InChI=1S/C19H34O16/c1-30-17-13(28)10(25)15(6(3-21)32-17)35-19-14(29)11(26)16(7(4-22)33-19)34-18-12(27)9(24)8(23)5(2-20)31-18/h5-29H,2-4H2,1H3/t5-,6-,7-,8+,9+,10-,11-,12-,13-,14-,15-,16+,17?,18-,19+/m1/s1. The molecule has 3 aliphatic heterocycles. The molecule has 16 nitrogen and oxygen atoms in total. The van der Waals surface area contributed by atoms with Crippen molar-refractivity contribution < 1.29 is 79.5 Å². The SMILES string of the molecule is COC1O[C@H](CO)[C@@H](O[C@@H]2O[C@H](CO)[C@H](O[C@H]3O[C@H](CO)[C@H](O)[C@H](O)[C@H]3O)[C@H](O)[C@H]2O)[C@H](O)[C@H]1O. The van der Waals surface area contributed by atoms with Crippen molar-refractivity contribution >= 4 is 0 Å². The van der Waals surface area contributed by atoms with Gasteiger partial charge in [-0.15, -0.1) is 0 Å². The van der Waals surface area contributed by atoms with Crippen LogP contribution < -0.4 is 0 Å². The predicted molar refractivity (Wildman–Crippen MR) is 106 cm³/mol. The van der Waals surface area contributed by atoms with E-state index in [2.05, 4.69) is 0 Å². The van der Waals surface area contributed by atoms with E-state index in [4.69, 9.17) is 28.4 Å². The molecule has 0 bridgehead atoms. The monoisotopic (exact) mass is 518 g/mol. The average Bonchev–Trinajstić information content (AvgIpc) is 2.86. The maximum Gasteiger partial charge on any atom is 0.187 e. The number of methoxy groups -OCH3 is 1. The summed E-state index contributed by atoms with van der Waals surface area (Å²) < 4.78 is 31.9. The molecule has 0 aromatic carbocycles. The summed E-state index contributed by atoms with van der Waals surface area (Å²) in [5, 5.41) is 100. The molecule has 3 saturated heterocycles. The molecule has 35 heavy (non-hydrogen) atoms. The van der Waals surface area contributed by atoms with Crippen molar-refractivity contribution in [3.8, 4) is 0 Å². The number of hydrogen-bond donors (Lipinski definition) is 10. The van der Waals surface area contributed by atoms with Crippen molar-refractivity contribution in [1.82, 2.24) is 0 Å². The molecule has 10 N–H and O–H groups in total. The van der Waals surface area contributed by atoms with Gasteiger partial charge in [-0.25, -0.2) is 0 Å². The van der Waals surface area contributed by atoms with E-state index in [1.807, 2.05) is 0 Å². The van der Waals surface area contributed by atoms with Crippen LogP contribution in [0.3, 0.4) is 0 Å². The largest absolute Gasteiger partial charge is 0.394 e. The Labute approximate surface area is 199 Å². The average molecular weight is 518 g/mol. The van der Waals surface area contributed by atoms with Gasteiger partial charge in [-0.2, -0.15) is 0 Å². The van der Waals surface area contributed by atoms with Gasteiger partial charge in [0.15, 0.2) is 18.9 Å². The van der Waals surface area contributed by atoms with E-state index in [0.717, 1.165) is 0 Å². The van der Waals surface area contributed by atoms with E-state index in [1.165, 1.54) is 7.11 Å². The first-order chi connectivity index (χ1) is 16.6. The van der Waals surface area contributed by atoms with Crippen LogP contribution in [0.2, 0.25) is 0 Å². The molecule has 1 unspecified atom stereocenters. The Morgan fingerprint density at radius 3 is 1.29 bits per heavy atom. The molecule has 15 atom stereocenters. The van der Waals surface area contributed by atoms with Gasteiger partial charge in [-0.05, 0) is 0 Å². The third-order valence-corrected chi connectivity index (χ3v) is 6.30. The molecule has 0 aromatic rings. The van der Waals surface area contributed by atoms with Crippen LogP contribution >= 0.6 is 0 Å². The molecule has 0 aromatic heterocycles. The van der Waals surface area contributed by atoms with Crippen molar-refractivity contribution in [3.05, 3.63) is 0 Å². The first kappa shape index (κ1) is 28.9. The summed E-state index contributed by atoms with van der Waals surface area (Å²) in [7, 11) is 1.21. The fourth-order valence-electron chi connectivity index (χ4n) is 4.24. The highest BCUT2D eigenvalue weighted by Crippen LogP contribution is 2.32. The molecule has 3 heterocycles. The third-order valence-electron chi connectivity index (χ3n) is 6.30. The number of aliphatic hydroxyl groups is 10. The Balaban J connectivity index is 1.72. The quantitative estimate of drug-likeness (QED) is 0.143. The molecular weight excluding hydrogens is 484 g/mol. The Morgan fingerprint density at radius 1 is 0.486 bits per heavy atom. The summed E-state index contributed by atoms with van der Waals surface area (Å²) in [5.41, 5.74) is 0. The second-order valence-corrected chi connectivity index (χ2v) is 8.55. The molecule has 16 heteroatoms. The minimum absolute atomic E-state index is 0.675. The normalized spacial score (nSPS) is 51.3. The molecule has 0 amide bonds. The van der Waals surface area contributed by atoms with E-state index in [0.29, 0.717) is 0 Å². The van der Waals surface area contributed by atoms with Crippen molar-refractivity contribution in [2.45, 2.75) is 92.1 Å². The molecular formula is C19H34O16. The summed E-state index contributed by atoms with van der Waals surface area (Å²) in [6.07, 6.45) is -23.8. The summed E-state index contributed by atoms with van der Waals surface area (Å²) in [4.78, 5) is 0. The van der Waals surface area contributed by atoms with Crippen LogP contribution in [-0.4, -0.2) is 170 Å². The van der Waals surface area contributed by atoms with E-state index >= 15 is 0 Å². The number of aliphatic hydroxyl groups excluding tert-OH is 10. The lowest BCUT2D eigenvalue weighted by Gasteiger charge is -2.48. The van der Waals surface area contributed by atoms with E-state index in [1.54, 1.807) is 0 Å². The maximum absolute atomic E-state index is 10.7. The first-order valence-electron chi connectivity index (χ1n) is 11.0. The van der Waals surface area contributed by atoms with Crippen LogP contribution in [0.1, 0.15) is 0 Å². The molecule has 0 radical (unpaired) electrons. The Bertz CT molecular complexity index is 650. The van der Waals surface area contributed by atoms with Crippen molar-refractivity contribution in [3.63, 3.8) is 0 Å². The number of ether oxygens (including phenoxy) is 6. The van der Waals surface area contributed by atoms with Crippen LogP contribution in [0.5, 0.6) is 0 Å². The van der Waals surface area contributed by atoms with Gasteiger partial charge in [0, 0.05) is 7.11 Å². The van der Waals surface area contributed by atoms with Gasteiger partial charge in [0.2, 0.25) is 0 Å². The van der Waals surface area contributed by atoms with E-state index < -0.39 is 112 Å². The topological polar surface area (TPSA) is 258 Å². The van der Waals surface area contributed by atoms with Gasteiger partial charge < -0.3 is 79.5 Å². The van der Waals surface area contributed by atoms with Crippen molar-refractivity contribution in [2.24, 2.45) is 0 Å². The molecule has 3 aliphatic rings. The third kappa shape index (κ3) is 5.78. The van der Waals surface area contributed by atoms with Gasteiger partial charge in [-0.3, -0.25) is 0 Å². The molecule has 206 valence electrons. The minimum Gasteiger partial charge on any atom is -0.394 e. The maximum atomic E-state index is 10.7. The van der Waals surface area contributed by atoms with Gasteiger partial charge in [0.05, 0.1) is 19.8 Å². The van der Waals surface area contributed by atoms with Crippen molar-refractivity contribution in [2.75, 3.05) is 26.9 Å². The Morgan fingerprint density at radius 2 is 0.857 bits per heavy atom. The highest BCUT2D eigenvalue weighted by Gasteiger charge is 2.53. The highest BCUT2D eigenvalue weighted by atomic mass is 16.8. The fourth-order valence-corrected chi connectivity index (χ4v) is 4.24. The lowest BCUT2D eigenvalue weighted by molar-refractivity contribution is -0.378. The van der Waals surface area contributed by atoms with Crippen LogP contribution in [-0.2, 0) is 28.4 Å². The minimum atomic E-state index is -1.88. The Kier molecular flexibility index (Phi) is 10.1. The van der Waals surface area contributed by atoms with Gasteiger partial charge >= 0.3 is 0 Å². The number of rotatable bonds is 8. The van der Waals surface area contributed by atoms with Gasteiger partial charge in [0.25, 0.3) is 0 Å². The first-order valence-corrected chi connectivity index (χ1v) is 11.0. The van der Waals surface area contributed by atoms with Crippen molar-refractivity contribution in [1.29, 1.82) is 0 Å². The number of hydrogen-bond acceptors (Lipinski definition) is 16. The summed E-state index contributed by atoms with van der Waals surface area (Å²) in [6, 6.07) is 0. The van der Waals surface area contributed by atoms with Crippen LogP contribution in [0.15, 0.2) is 0 Å². The zero-order valence-corrected chi connectivity index (χ0v) is 18.7. The lowest BCUT2D eigenvalue weighted by Crippen LogP contribution is -2.66. The molecule has 0 spiro atoms. The molecule has 0 saturated carbocycles. The zero-order chi connectivity index (χ0) is 26.0. The van der Waals surface area contributed by atoms with E-state index in [9.17, 15) is 51.1 Å². The summed E-state index contributed by atoms with van der Waals surface area (Å²) in [5.74, 6) is 0. The van der Waals surface area contributed by atoms with Gasteiger partial charge in [0.1, 0.15) is 73.2 Å². The second-order valence-electron chi connectivity index (χ2n) is 8.55. The molecule has 3 fully saturated rings. The lowest BCUT2D eigenvalue weighted by atomic mass is 9.96. The highest BCUT2D eigenvalue weighted by molar-refractivity contribution is 4.96. The smallest absolute Gasteiger partial charge is 0.187 e. The van der Waals surface area contributed by atoms with E-state index in [-0.39, 0.29) is 0 Å². The van der Waals surface area contributed by atoms with Crippen LogP contribution in [0.4, 0.5) is 0 Å². The van der Waals surface area contributed by atoms with Gasteiger partial charge in [-0.1, -0.05) is 0 Å². The molecule has 0 aliphatic carbocycles. The zero-order valence-electron chi connectivity index (χ0n) is 18.7. The predicted octanol–water partition coefficient (Wildman–Crippen LogP) is -6.92. The summed E-state index contributed by atoms with van der Waals surface area (Å²) in [6.45, 7) is -2.21. The second kappa shape index (κ2) is 12.3.